The number of nitrogens with two attached hydrogens (primary N) is 2. The monoisotopic (exact) mass is 227 g/mol. The summed E-state index contributed by atoms with van der Waals surface area (Å²) in [5.41, 5.74) is 11.0. The van der Waals surface area contributed by atoms with Crippen LogP contribution in [-0.4, -0.2) is 36.3 Å². The summed E-state index contributed by atoms with van der Waals surface area (Å²) in [6.45, 7) is 2.09. The van der Waals surface area contributed by atoms with Crippen molar-refractivity contribution in [2.24, 2.45) is 23.3 Å². The van der Waals surface area contributed by atoms with Gasteiger partial charge >= 0.3 is 0 Å². The van der Waals surface area contributed by atoms with E-state index in [-0.39, 0.29) is 24.4 Å². The lowest BCUT2D eigenvalue weighted by Crippen LogP contribution is -2.47. The van der Waals surface area contributed by atoms with E-state index < -0.39 is 5.91 Å². The molecule has 0 spiro atoms. The predicted octanol–water partition coefficient (Wildman–Crippen LogP) is -0.306. The topological polar surface area (TPSA) is 89.4 Å². The average molecular weight is 227 g/mol. The molecule has 0 bridgehead atoms. The Morgan fingerprint density at radius 3 is 2.56 bits per heavy atom. The average Bonchev–Trinajstić information content (AvgIpc) is 2.19. The zero-order valence-electron chi connectivity index (χ0n) is 9.98. The van der Waals surface area contributed by atoms with E-state index in [0.717, 1.165) is 19.3 Å². The van der Waals surface area contributed by atoms with Gasteiger partial charge in [0.05, 0.1) is 12.5 Å². The van der Waals surface area contributed by atoms with Gasteiger partial charge in [-0.2, -0.15) is 0 Å². The molecule has 0 aromatic heterocycles. The summed E-state index contributed by atoms with van der Waals surface area (Å²) >= 11 is 0. The quantitative estimate of drug-likeness (QED) is 0.693. The molecule has 3 atom stereocenters. The Morgan fingerprint density at radius 1 is 1.38 bits per heavy atom. The van der Waals surface area contributed by atoms with Crippen molar-refractivity contribution >= 4 is 11.8 Å². The molecule has 16 heavy (non-hydrogen) atoms. The van der Waals surface area contributed by atoms with Crippen LogP contribution >= 0.6 is 0 Å². The summed E-state index contributed by atoms with van der Waals surface area (Å²) in [5, 5.41) is 0. The van der Waals surface area contributed by atoms with Crippen molar-refractivity contribution in [1.29, 1.82) is 0 Å². The smallest absolute Gasteiger partial charge is 0.237 e. The third-order valence-corrected chi connectivity index (χ3v) is 3.25. The highest BCUT2D eigenvalue weighted by atomic mass is 16.2. The molecule has 0 heterocycles. The molecular weight excluding hydrogens is 206 g/mol. The van der Waals surface area contributed by atoms with Crippen molar-refractivity contribution in [3.63, 3.8) is 0 Å². The molecule has 1 fully saturated rings. The summed E-state index contributed by atoms with van der Waals surface area (Å²) in [5.74, 6) is -0.185. The van der Waals surface area contributed by atoms with Gasteiger partial charge in [0, 0.05) is 13.1 Å². The van der Waals surface area contributed by atoms with Crippen LogP contribution in [0.1, 0.15) is 26.2 Å². The van der Waals surface area contributed by atoms with Gasteiger partial charge in [-0.1, -0.05) is 6.92 Å². The van der Waals surface area contributed by atoms with E-state index in [2.05, 4.69) is 6.92 Å². The third kappa shape index (κ3) is 3.20. The predicted molar refractivity (Wildman–Crippen MR) is 61.3 cm³/mol. The zero-order chi connectivity index (χ0) is 12.3. The third-order valence-electron chi connectivity index (χ3n) is 3.25. The summed E-state index contributed by atoms with van der Waals surface area (Å²) in [6, 6.07) is -0.0842. The first-order chi connectivity index (χ1) is 7.41. The molecule has 1 aliphatic rings. The maximum atomic E-state index is 12.0. The molecule has 5 nitrogen and oxygen atoms in total. The number of rotatable bonds is 3. The lowest BCUT2D eigenvalue weighted by Gasteiger charge is -2.33. The largest absolute Gasteiger partial charge is 0.368 e. The van der Waals surface area contributed by atoms with Gasteiger partial charge in [-0.3, -0.25) is 9.59 Å². The zero-order valence-corrected chi connectivity index (χ0v) is 9.98. The standard InChI is InChI=1S/C11H21N3O2/c1-7-3-4-9(12)8(5-7)11(16)14(2)6-10(13)15/h7-9H,3-6,12H2,1-2H3,(H2,13,15). The minimum absolute atomic E-state index is 0.0313. The molecule has 0 aromatic carbocycles. The molecule has 4 N–H and O–H groups in total. The van der Waals surface area contributed by atoms with Gasteiger partial charge in [-0.05, 0) is 25.2 Å². The van der Waals surface area contributed by atoms with E-state index in [1.165, 1.54) is 4.90 Å². The van der Waals surface area contributed by atoms with Crippen LogP contribution in [0, 0.1) is 11.8 Å². The number of amides is 2. The Morgan fingerprint density at radius 2 is 2.00 bits per heavy atom. The maximum absolute atomic E-state index is 12.0. The van der Waals surface area contributed by atoms with Crippen molar-refractivity contribution in [2.45, 2.75) is 32.2 Å². The fraction of sp³-hybridized carbons (Fsp3) is 0.818. The Balaban J connectivity index is 2.60. The van der Waals surface area contributed by atoms with Gasteiger partial charge in [0.25, 0.3) is 0 Å². The van der Waals surface area contributed by atoms with Crippen LogP contribution in [0.4, 0.5) is 0 Å². The number of carbonyl (C=O) groups is 2. The van der Waals surface area contributed by atoms with Crippen LogP contribution < -0.4 is 11.5 Å². The van der Waals surface area contributed by atoms with Gasteiger partial charge < -0.3 is 16.4 Å². The molecule has 0 radical (unpaired) electrons. The molecule has 0 aromatic rings. The normalized spacial score (nSPS) is 29.8. The first-order valence-corrected chi connectivity index (χ1v) is 5.70. The Hall–Kier alpha value is -1.10. The number of primary amides is 1. The van der Waals surface area contributed by atoms with Gasteiger partial charge in [0.1, 0.15) is 0 Å². The number of carbonyl (C=O) groups excluding carboxylic acids is 2. The van der Waals surface area contributed by atoms with Crippen LogP contribution in [0.3, 0.4) is 0 Å². The number of hydrogen-bond acceptors (Lipinski definition) is 3. The number of hydrogen-bond donors (Lipinski definition) is 2. The fourth-order valence-corrected chi connectivity index (χ4v) is 2.28. The molecule has 5 heteroatoms. The van der Waals surface area contributed by atoms with E-state index >= 15 is 0 Å². The van der Waals surface area contributed by atoms with Crippen LogP contribution in [0.5, 0.6) is 0 Å². The van der Waals surface area contributed by atoms with Crippen LogP contribution in [0.25, 0.3) is 0 Å². The van der Waals surface area contributed by atoms with E-state index in [0.29, 0.717) is 5.92 Å². The van der Waals surface area contributed by atoms with Gasteiger partial charge in [0.15, 0.2) is 0 Å². The SMILES string of the molecule is CC1CCC(N)C(C(=O)N(C)CC(N)=O)C1. The molecule has 3 unspecified atom stereocenters. The molecule has 0 aliphatic heterocycles. The summed E-state index contributed by atoms with van der Waals surface area (Å²) in [7, 11) is 1.60. The first kappa shape index (κ1) is 13.0. The minimum Gasteiger partial charge on any atom is -0.368 e. The van der Waals surface area contributed by atoms with Crippen LogP contribution in [-0.2, 0) is 9.59 Å². The highest BCUT2D eigenvalue weighted by Crippen LogP contribution is 2.28. The maximum Gasteiger partial charge on any atom is 0.237 e. The minimum atomic E-state index is -0.492. The number of likely N-dealkylation sites (N-methyl/N-ethyl adjacent to an activating group) is 1. The van der Waals surface area contributed by atoms with E-state index in [9.17, 15) is 9.59 Å². The second-order valence-corrected chi connectivity index (χ2v) is 4.85. The van der Waals surface area contributed by atoms with E-state index in [4.69, 9.17) is 11.5 Å². The summed E-state index contributed by atoms with van der Waals surface area (Å²) in [6.07, 6.45) is 2.76. The molecule has 0 saturated heterocycles. The van der Waals surface area contributed by atoms with Gasteiger partial charge in [0.2, 0.25) is 11.8 Å². The Kier molecular flexibility index (Phi) is 4.29. The highest BCUT2D eigenvalue weighted by molar-refractivity contribution is 5.85. The molecular formula is C11H21N3O2. The molecule has 2 amide bonds. The first-order valence-electron chi connectivity index (χ1n) is 5.70. The second-order valence-electron chi connectivity index (χ2n) is 4.85. The van der Waals surface area contributed by atoms with Crippen LogP contribution in [0.2, 0.25) is 0 Å². The summed E-state index contributed by atoms with van der Waals surface area (Å²) in [4.78, 5) is 24.1. The highest BCUT2D eigenvalue weighted by Gasteiger charge is 2.33. The van der Waals surface area contributed by atoms with Crippen molar-refractivity contribution in [2.75, 3.05) is 13.6 Å². The fourth-order valence-electron chi connectivity index (χ4n) is 2.28. The van der Waals surface area contributed by atoms with E-state index in [1.54, 1.807) is 7.05 Å². The van der Waals surface area contributed by atoms with Crippen molar-refractivity contribution < 1.29 is 9.59 Å². The Labute approximate surface area is 96.1 Å². The Bertz CT molecular complexity index is 280. The van der Waals surface area contributed by atoms with Crippen LogP contribution in [0.15, 0.2) is 0 Å². The van der Waals surface area contributed by atoms with Gasteiger partial charge in [-0.15, -0.1) is 0 Å². The molecule has 1 aliphatic carbocycles. The lowest BCUT2D eigenvalue weighted by atomic mass is 9.78. The molecule has 92 valence electrons. The van der Waals surface area contributed by atoms with Crippen molar-refractivity contribution in [3.05, 3.63) is 0 Å². The van der Waals surface area contributed by atoms with Crippen molar-refractivity contribution in [3.8, 4) is 0 Å². The van der Waals surface area contributed by atoms with E-state index in [1.807, 2.05) is 0 Å². The van der Waals surface area contributed by atoms with Crippen molar-refractivity contribution in [1.82, 2.24) is 4.90 Å². The molecule has 1 rings (SSSR count). The molecule has 1 saturated carbocycles. The van der Waals surface area contributed by atoms with Gasteiger partial charge in [-0.25, -0.2) is 0 Å². The summed E-state index contributed by atoms with van der Waals surface area (Å²) < 4.78 is 0. The lowest BCUT2D eigenvalue weighted by molar-refractivity contribution is -0.139. The number of nitrogens with zero attached hydrogens (tertiary/aromatic N) is 1. The second kappa shape index (κ2) is 5.30.